The summed E-state index contributed by atoms with van der Waals surface area (Å²) in [5.41, 5.74) is 6.29. The summed E-state index contributed by atoms with van der Waals surface area (Å²) in [4.78, 5) is 20.7. The van der Waals surface area contributed by atoms with E-state index in [0.29, 0.717) is 12.0 Å². The van der Waals surface area contributed by atoms with E-state index in [4.69, 9.17) is 5.73 Å². The number of carbonyl (C=O) groups is 2. The zero-order chi connectivity index (χ0) is 10.4. The van der Waals surface area contributed by atoms with E-state index in [9.17, 15) is 9.59 Å². The van der Waals surface area contributed by atoms with E-state index < -0.39 is 6.03 Å². The van der Waals surface area contributed by atoms with Crippen molar-refractivity contribution in [2.24, 2.45) is 5.73 Å². The molecule has 4 heteroatoms. The first kappa shape index (κ1) is 9.98. The summed E-state index contributed by atoms with van der Waals surface area (Å²) >= 11 is 0. The minimum atomic E-state index is -0.628. The number of amides is 2. The molecule has 2 amide bonds. The predicted molar refractivity (Wildman–Crippen MR) is 54.7 cm³/mol. The molecule has 1 rings (SSSR count). The number of allylic oxidation sites excluding steroid dienone is 1. The Morgan fingerprint density at radius 3 is 2.71 bits per heavy atom. The smallest absolute Gasteiger partial charge is 0.316 e. The summed E-state index contributed by atoms with van der Waals surface area (Å²) in [6.07, 6.45) is 3.61. The standard InChI is InChI=1S/C10H10N2O2/c11-10(14)12-9-6-2-1-4-8(9)5-3-7-13/h1-7H,(H3,11,12,14). The lowest BCUT2D eigenvalue weighted by atomic mass is 10.1. The number of anilines is 1. The molecule has 0 spiro atoms. The first-order valence-corrected chi connectivity index (χ1v) is 4.01. The van der Waals surface area contributed by atoms with Crippen LogP contribution < -0.4 is 11.1 Å². The van der Waals surface area contributed by atoms with Crippen LogP contribution in [0.2, 0.25) is 0 Å². The molecule has 0 unspecified atom stereocenters. The molecule has 0 bridgehead atoms. The van der Waals surface area contributed by atoms with Gasteiger partial charge in [0.1, 0.15) is 6.29 Å². The number of urea groups is 1. The quantitative estimate of drug-likeness (QED) is 0.558. The maximum absolute atomic E-state index is 10.6. The monoisotopic (exact) mass is 190 g/mol. The average molecular weight is 190 g/mol. The summed E-state index contributed by atoms with van der Waals surface area (Å²) in [6, 6.07) is 6.41. The second kappa shape index (κ2) is 4.81. The lowest BCUT2D eigenvalue weighted by molar-refractivity contribution is -0.104. The molecule has 3 N–H and O–H groups in total. The molecule has 0 radical (unpaired) electrons. The highest BCUT2D eigenvalue weighted by Gasteiger charge is 1.99. The Kier molecular flexibility index (Phi) is 3.43. The summed E-state index contributed by atoms with van der Waals surface area (Å²) in [5, 5.41) is 2.45. The van der Waals surface area contributed by atoms with Gasteiger partial charge in [-0.1, -0.05) is 18.2 Å². The Balaban J connectivity index is 2.96. The maximum atomic E-state index is 10.6. The number of hydrogen-bond donors (Lipinski definition) is 2. The van der Waals surface area contributed by atoms with Gasteiger partial charge in [0.25, 0.3) is 0 Å². The first-order chi connectivity index (χ1) is 6.74. The van der Waals surface area contributed by atoms with Crippen molar-refractivity contribution < 1.29 is 9.59 Å². The van der Waals surface area contributed by atoms with Gasteiger partial charge in [0, 0.05) is 5.69 Å². The summed E-state index contributed by atoms with van der Waals surface area (Å²) in [6.45, 7) is 0. The molecular formula is C10H10N2O2. The lowest BCUT2D eigenvalue weighted by Gasteiger charge is -2.04. The summed E-state index contributed by atoms with van der Waals surface area (Å²) in [5.74, 6) is 0. The number of nitrogens with two attached hydrogens (primary N) is 1. The highest BCUT2D eigenvalue weighted by molar-refractivity contribution is 5.91. The van der Waals surface area contributed by atoms with Crippen molar-refractivity contribution in [2.75, 3.05) is 5.32 Å². The third-order valence-corrected chi connectivity index (χ3v) is 1.57. The van der Waals surface area contributed by atoms with Crippen molar-refractivity contribution in [3.05, 3.63) is 35.9 Å². The number of hydrogen-bond acceptors (Lipinski definition) is 2. The molecule has 0 heterocycles. The van der Waals surface area contributed by atoms with Crippen LogP contribution in [0.1, 0.15) is 5.56 Å². The number of rotatable bonds is 3. The third-order valence-electron chi connectivity index (χ3n) is 1.57. The Morgan fingerprint density at radius 2 is 2.07 bits per heavy atom. The Morgan fingerprint density at radius 1 is 1.36 bits per heavy atom. The number of nitrogens with one attached hydrogen (secondary N) is 1. The highest BCUT2D eigenvalue weighted by atomic mass is 16.2. The number of carbonyl (C=O) groups excluding carboxylic acids is 2. The van der Waals surface area contributed by atoms with Crippen LogP contribution >= 0.6 is 0 Å². The van der Waals surface area contributed by atoms with E-state index >= 15 is 0 Å². The van der Waals surface area contributed by atoms with Gasteiger partial charge in [0.15, 0.2) is 0 Å². The van der Waals surface area contributed by atoms with Gasteiger partial charge in [-0.25, -0.2) is 4.79 Å². The molecular weight excluding hydrogens is 180 g/mol. The average Bonchev–Trinajstić information content (AvgIpc) is 2.16. The summed E-state index contributed by atoms with van der Waals surface area (Å²) in [7, 11) is 0. The molecule has 0 aliphatic carbocycles. The first-order valence-electron chi connectivity index (χ1n) is 4.01. The molecule has 0 atom stereocenters. The molecule has 0 aliphatic rings. The van der Waals surface area contributed by atoms with Crippen molar-refractivity contribution in [1.82, 2.24) is 0 Å². The zero-order valence-electron chi connectivity index (χ0n) is 7.44. The Hall–Kier alpha value is -2.10. The molecule has 1 aromatic rings. The largest absolute Gasteiger partial charge is 0.351 e. The van der Waals surface area contributed by atoms with Crippen LogP contribution in [-0.4, -0.2) is 12.3 Å². The van der Waals surface area contributed by atoms with Crippen LogP contribution in [0.3, 0.4) is 0 Å². The second-order valence-corrected chi connectivity index (χ2v) is 2.57. The van der Waals surface area contributed by atoms with E-state index in [1.807, 2.05) is 0 Å². The van der Waals surface area contributed by atoms with Crippen molar-refractivity contribution in [2.45, 2.75) is 0 Å². The maximum Gasteiger partial charge on any atom is 0.316 e. The van der Waals surface area contributed by atoms with Crippen LogP contribution in [0.25, 0.3) is 6.08 Å². The van der Waals surface area contributed by atoms with E-state index in [1.165, 1.54) is 6.08 Å². The number of primary amides is 1. The SMILES string of the molecule is NC(=O)Nc1ccccc1C=CC=O. The van der Waals surface area contributed by atoms with E-state index in [0.717, 1.165) is 5.56 Å². The Bertz CT molecular complexity index is 372. The molecule has 0 saturated heterocycles. The van der Waals surface area contributed by atoms with Gasteiger partial charge in [-0.05, 0) is 23.8 Å². The van der Waals surface area contributed by atoms with Crippen LogP contribution in [0.5, 0.6) is 0 Å². The second-order valence-electron chi connectivity index (χ2n) is 2.57. The fourth-order valence-corrected chi connectivity index (χ4v) is 1.03. The zero-order valence-corrected chi connectivity index (χ0v) is 7.44. The van der Waals surface area contributed by atoms with Crippen LogP contribution in [-0.2, 0) is 4.79 Å². The minimum absolute atomic E-state index is 0.582. The van der Waals surface area contributed by atoms with E-state index in [2.05, 4.69) is 5.32 Å². The fourth-order valence-electron chi connectivity index (χ4n) is 1.03. The lowest BCUT2D eigenvalue weighted by Crippen LogP contribution is -2.19. The number of para-hydroxylation sites is 1. The van der Waals surface area contributed by atoms with E-state index in [1.54, 1.807) is 30.3 Å². The van der Waals surface area contributed by atoms with Crippen LogP contribution in [0.4, 0.5) is 10.5 Å². The van der Waals surface area contributed by atoms with Crippen molar-refractivity contribution in [3.8, 4) is 0 Å². The van der Waals surface area contributed by atoms with E-state index in [-0.39, 0.29) is 0 Å². The molecule has 72 valence electrons. The van der Waals surface area contributed by atoms with Gasteiger partial charge in [-0.15, -0.1) is 0 Å². The molecule has 0 aliphatic heterocycles. The van der Waals surface area contributed by atoms with Gasteiger partial charge in [0.05, 0.1) is 0 Å². The normalized spacial score (nSPS) is 10.0. The van der Waals surface area contributed by atoms with Crippen molar-refractivity contribution >= 4 is 24.1 Å². The minimum Gasteiger partial charge on any atom is -0.351 e. The van der Waals surface area contributed by atoms with Crippen LogP contribution in [0.15, 0.2) is 30.3 Å². The van der Waals surface area contributed by atoms with Gasteiger partial charge in [0.2, 0.25) is 0 Å². The molecule has 0 saturated carbocycles. The van der Waals surface area contributed by atoms with Gasteiger partial charge in [-0.3, -0.25) is 4.79 Å². The van der Waals surface area contributed by atoms with Gasteiger partial charge < -0.3 is 11.1 Å². The molecule has 4 nitrogen and oxygen atoms in total. The summed E-state index contributed by atoms with van der Waals surface area (Å²) < 4.78 is 0. The van der Waals surface area contributed by atoms with Crippen molar-refractivity contribution in [1.29, 1.82) is 0 Å². The number of aldehydes is 1. The van der Waals surface area contributed by atoms with Gasteiger partial charge in [-0.2, -0.15) is 0 Å². The Labute approximate surface area is 81.4 Å². The van der Waals surface area contributed by atoms with Crippen molar-refractivity contribution in [3.63, 3.8) is 0 Å². The fraction of sp³-hybridized carbons (Fsp3) is 0. The molecule has 1 aromatic carbocycles. The molecule has 0 aromatic heterocycles. The molecule has 14 heavy (non-hydrogen) atoms. The highest BCUT2D eigenvalue weighted by Crippen LogP contribution is 2.15. The van der Waals surface area contributed by atoms with Crippen LogP contribution in [0, 0.1) is 0 Å². The number of benzene rings is 1. The topological polar surface area (TPSA) is 72.2 Å². The predicted octanol–water partition coefficient (Wildman–Crippen LogP) is 1.39. The van der Waals surface area contributed by atoms with Gasteiger partial charge >= 0.3 is 6.03 Å². The third kappa shape index (κ3) is 2.75. The molecule has 0 fully saturated rings.